The molecule has 0 atom stereocenters. The average molecular weight is 378 g/mol. The van der Waals surface area contributed by atoms with E-state index < -0.39 is 0 Å². The normalized spacial score (nSPS) is 10.4. The number of carbonyl (C=O) groups is 1. The average Bonchev–Trinajstić information content (AvgIpc) is 3.03. The minimum absolute atomic E-state index is 0.167. The maximum atomic E-state index is 12.3. The van der Waals surface area contributed by atoms with Crippen molar-refractivity contribution in [3.8, 4) is 5.75 Å². The van der Waals surface area contributed by atoms with Crippen molar-refractivity contribution in [3.05, 3.63) is 80.5 Å². The smallest absolute Gasteiger partial charge is 0.265 e. The van der Waals surface area contributed by atoms with Crippen LogP contribution in [0.2, 0.25) is 10.0 Å². The van der Waals surface area contributed by atoms with E-state index in [4.69, 9.17) is 27.9 Å². The van der Waals surface area contributed by atoms with E-state index in [1.54, 1.807) is 36.4 Å². The first-order chi connectivity index (χ1) is 11.6. The molecular weight excluding hydrogens is 365 g/mol. The van der Waals surface area contributed by atoms with Crippen LogP contribution in [0.1, 0.15) is 15.2 Å². The minimum Gasteiger partial charge on any atom is -0.489 e. The Kier molecular flexibility index (Phi) is 5.41. The number of hydrogen-bond donors (Lipinski definition) is 1. The van der Waals surface area contributed by atoms with Gasteiger partial charge in [0.15, 0.2) is 0 Å². The fraction of sp³-hybridized carbons (Fsp3) is 0.0556. The molecule has 1 amide bonds. The van der Waals surface area contributed by atoms with E-state index in [9.17, 15) is 4.79 Å². The lowest BCUT2D eigenvalue weighted by Gasteiger charge is -2.04. The van der Waals surface area contributed by atoms with Crippen LogP contribution in [0.25, 0.3) is 0 Å². The maximum Gasteiger partial charge on any atom is 0.265 e. The van der Waals surface area contributed by atoms with Crippen LogP contribution in [0.3, 0.4) is 0 Å². The Morgan fingerprint density at radius 3 is 2.58 bits per heavy atom. The Morgan fingerprint density at radius 1 is 1.04 bits per heavy atom. The topological polar surface area (TPSA) is 38.3 Å². The lowest BCUT2D eigenvalue weighted by molar-refractivity contribution is 0.103. The van der Waals surface area contributed by atoms with Crippen LogP contribution in [-0.2, 0) is 6.61 Å². The number of thiophene rings is 1. The molecule has 0 aliphatic heterocycles. The quantitative estimate of drug-likeness (QED) is 0.602. The molecule has 3 aromatic rings. The number of benzene rings is 2. The van der Waals surface area contributed by atoms with Gasteiger partial charge in [0.05, 0.1) is 4.88 Å². The second kappa shape index (κ2) is 7.71. The molecule has 24 heavy (non-hydrogen) atoms. The van der Waals surface area contributed by atoms with E-state index in [-0.39, 0.29) is 5.91 Å². The molecular formula is C18H13Cl2NO2S. The summed E-state index contributed by atoms with van der Waals surface area (Å²) in [6, 6.07) is 16.0. The summed E-state index contributed by atoms with van der Waals surface area (Å²) in [5.74, 6) is 0.565. The van der Waals surface area contributed by atoms with Crippen molar-refractivity contribution in [2.45, 2.75) is 6.61 Å². The third kappa shape index (κ3) is 4.51. The number of hydrogen-bond acceptors (Lipinski definition) is 3. The molecule has 2 aromatic carbocycles. The van der Waals surface area contributed by atoms with Crippen LogP contribution < -0.4 is 10.1 Å². The van der Waals surface area contributed by atoms with Gasteiger partial charge in [-0.1, -0.05) is 29.3 Å². The number of anilines is 1. The van der Waals surface area contributed by atoms with E-state index >= 15 is 0 Å². The van der Waals surface area contributed by atoms with Gasteiger partial charge in [0, 0.05) is 21.3 Å². The molecule has 0 saturated heterocycles. The fourth-order valence-corrected chi connectivity index (χ4v) is 3.13. The first-order valence-electron chi connectivity index (χ1n) is 7.13. The van der Waals surface area contributed by atoms with E-state index in [1.807, 2.05) is 23.6 Å². The third-order valence-corrected chi connectivity index (χ3v) is 4.64. The number of nitrogens with one attached hydrogen (secondary N) is 1. The van der Waals surface area contributed by atoms with Crippen molar-refractivity contribution in [2.75, 3.05) is 5.32 Å². The number of ether oxygens (including phenoxy) is 1. The highest BCUT2D eigenvalue weighted by Crippen LogP contribution is 2.21. The predicted molar refractivity (Wildman–Crippen MR) is 99.5 cm³/mol. The van der Waals surface area contributed by atoms with Gasteiger partial charge in [0.1, 0.15) is 12.4 Å². The number of amides is 1. The van der Waals surface area contributed by atoms with Crippen molar-refractivity contribution in [2.24, 2.45) is 0 Å². The molecule has 3 nitrogen and oxygen atoms in total. The number of carbonyl (C=O) groups excluding carboxylic acids is 1. The van der Waals surface area contributed by atoms with Gasteiger partial charge in [-0.05, 0) is 53.9 Å². The van der Waals surface area contributed by atoms with Crippen molar-refractivity contribution < 1.29 is 9.53 Å². The van der Waals surface area contributed by atoms with Gasteiger partial charge >= 0.3 is 0 Å². The summed E-state index contributed by atoms with van der Waals surface area (Å²) >= 11 is 13.1. The van der Waals surface area contributed by atoms with Crippen LogP contribution >= 0.6 is 34.5 Å². The number of halogens is 2. The molecule has 1 N–H and O–H groups in total. The molecule has 0 saturated carbocycles. The van der Waals surface area contributed by atoms with Crippen molar-refractivity contribution >= 4 is 46.1 Å². The molecule has 6 heteroatoms. The van der Waals surface area contributed by atoms with Gasteiger partial charge < -0.3 is 10.1 Å². The molecule has 0 fully saturated rings. The zero-order valence-electron chi connectivity index (χ0n) is 12.5. The molecule has 0 aliphatic carbocycles. The van der Waals surface area contributed by atoms with E-state index in [0.717, 1.165) is 11.3 Å². The van der Waals surface area contributed by atoms with Crippen molar-refractivity contribution in [1.82, 2.24) is 0 Å². The highest BCUT2D eigenvalue weighted by atomic mass is 35.5. The van der Waals surface area contributed by atoms with Gasteiger partial charge in [-0.3, -0.25) is 4.79 Å². The zero-order valence-corrected chi connectivity index (χ0v) is 14.8. The summed E-state index contributed by atoms with van der Waals surface area (Å²) in [6.45, 7) is 0.391. The Balaban J connectivity index is 1.60. The molecule has 3 rings (SSSR count). The Hall–Kier alpha value is -2.01. The monoisotopic (exact) mass is 377 g/mol. The molecule has 1 heterocycles. The van der Waals surface area contributed by atoms with Crippen LogP contribution in [0, 0.1) is 0 Å². The molecule has 0 bridgehead atoms. The van der Waals surface area contributed by atoms with E-state index in [0.29, 0.717) is 27.2 Å². The first kappa shape index (κ1) is 16.8. The van der Waals surface area contributed by atoms with Gasteiger partial charge in [0.2, 0.25) is 0 Å². The summed E-state index contributed by atoms with van der Waals surface area (Å²) in [5.41, 5.74) is 1.60. The summed E-state index contributed by atoms with van der Waals surface area (Å²) in [5, 5.41) is 5.97. The lowest BCUT2D eigenvalue weighted by atomic mass is 10.3. The zero-order chi connectivity index (χ0) is 16.9. The predicted octanol–water partition coefficient (Wildman–Crippen LogP) is 5.89. The van der Waals surface area contributed by atoms with E-state index in [1.165, 1.54) is 11.3 Å². The largest absolute Gasteiger partial charge is 0.489 e. The summed E-state index contributed by atoms with van der Waals surface area (Å²) < 4.78 is 5.67. The highest BCUT2D eigenvalue weighted by molar-refractivity contribution is 7.12. The second-order valence-corrected chi connectivity index (χ2v) is 6.81. The van der Waals surface area contributed by atoms with Crippen LogP contribution in [0.4, 0.5) is 5.69 Å². The van der Waals surface area contributed by atoms with Crippen molar-refractivity contribution in [1.29, 1.82) is 0 Å². The van der Waals surface area contributed by atoms with Gasteiger partial charge in [0.25, 0.3) is 5.91 Å². The minimum atomic E-state index is -0.167. The Labute approximate surface area is 153 Å². The summed E-state index contributed by atoms with van der Waals surface area (Å²) in [4.78, 5) is 12.9. The van der Waals surface area contributed by atoms with Gasteiger partial charge in [-0.2, -0.15) is 0 Å². The maximum absolute atomic E-state index is 12.3. The molecule has 0 unspecified atom stereocenters. The van der Waals surface area contributed by atoms with E-state index in [2.05, 4.69) is 5.32 Å². The highest BCUT2D eigenvalue weighted by Gasteiger charge is 2.10. The van der Waals surface area contributed by atoms with Crippen molar-refractivity contribution in [3.63, 3.8) is 0 Å². The lowest BCUT2D eigenvalue weighted by Crippen LogP contribution is -2.10. The van der Waals surface area contributed by atoms with Crippen LogP contribution in [0.15, 0.2) is 60.0 Å². The molecule has 1 aromatic heterocycles. The molecule has 0 spiro atoms. The molecule has 0 aliphatic rings. The van der Waals surface area contributed by atoms with Crippen LogP contribution in [0.5, 0.6) is 5.75 Å². The SMILES string of the molecule is O=C(Nc1cccc(Cl)c1)c1cc(COc2ccc(Cl)cc2)cs1. The Bertz CT molecular complexity index is 846. The summed E-state index contributed by atoms with van der Waals surface area (Å²) in [7, 11) is 0. The summed E-state index contributed by atoms with van der Waals surface area (Å²) in [6.07, 6.45) is 0. The van der Waals surface area contributed by atoms with Crippen LogP contribution in [-0.4, -0.2) is 5.91 Å². The standard InChI is InChI=1S/C18H13Cl2NO2S/c19-13-4-6-16(7-5-13)23-10-12-8-17(24-11-12)18(22)21-15-3-1-2-14(20)9-15/h1-9,11H,10H2,(H,21,22). The fourth-order valence-electron chi connectivity index (χ4n) is 2.03. The molecule has 122 valence electrons. The second-order valence-electron chi connectivity index (χ2n) is 5.03. The van der Waals surface area contributed by atoms with Gasteiger partial charge in [-0.15, -0.1) is 11.3 Å². The number of rotatable bonds is 5. The Morgan fingerprint density at radius 2 is 1.83 bits per heavy atom. The van der Waals surface area contributed by atoms with Gasteiger partial charge in [-0.25, -0.2) is 0 Å². The first-order valence-corrected chi connectivity index (χ1v) is 8.76. The molecule has 0 radical (unpaired) electrons. The third-order valence-electron chi connectivity index (χ3n) is 3.18.